The van der Waals surface area contributed by atoms with Gasteiger partial charge in [-0.1, -0.05) is 12.1 Å². The van der Waals surface area contributed by atoms with E-state index in [9.17, 15) is 9.59 Å². The highest BCUT2D eigenvalue weighted by Gasteiger charge is 2.25. The van der Waals surface area contributed by atoms with Crippen molar-refractivity contribution >= 4 is 29.3 Å². The predicted molar refractivity (Wildman–Crippen MR) is 74.0 cm³/mol. The van der Waals surface area contributed by atoms with Crippen LogP contribution >= 0.6 is 11.8 Å². The first-order chi connectivity index (χ1) is 9.65. The zero-order chi connectivity index (χ0) is 14.1. The first-order valence-corrected chi connectivity index (χ1v) is 6.98. The lowest BCUT2D eigenvalue weighted by Crippen LogP contribution is -2.34. The minimum Gasteiger partial charge on any atom is -0.475 e. The fourth-order valence-corrected chi connectivity index (χ4v) is 3.00. The van der Waals surface area contributed by atoms with Crippen LogP contribution in [-0.4, -0.2) is 22.7 Å². The predicted octanol–water partition coefficient (Wildman–Crippen LogP) is 2.62. The molecule has 0 unspecified atom stereocenters. The first kappa shape index (κ1) is 12.8. The Morgan fingerprint density at radius 2 is 2.10 bits per heavy atom. The van der Waals surface area contributed by atoms with E-state index in [0.29, 0.717) is 11.5 Å². The Morgan fingerprint density at radius 1 is 1.30 bits per heavy atom. The normalized spacial score (nSPS) is 14.2. The molecular formula is C14H11NO4S. The lowest BCUT2D eigenvalue weighted by Gasteiger charge is -2.28. The van der Waals surface area contributed by atoms with Gasteiger partial charge in [0.05, 0.1) is 18.0 Å². The third-order valence-electron chi connectivity index (χ3n) is 2.99. The lowest BCUT2D eigenvalue weighted by molar-refractivity contribution is -0.116. The zero-order valence-electron chi connectivity index (χ0n) is 10.4. The van der Waals surface area contributed by atoms with Gasteiger partial charge in [0.15, 0.2) is 0 Å². The lowest BCUT2D eigenvalue weighted by atomic mass is 10.2. The number of furan rings is 1. The Hall–Kier alpha value is -2.21. The average Bonchev–Trinajstić information content (AvgIpc) is 2.91. The largest absolute Gasteiger partial charge is 0.475 e. The van der Waals surface area contributed by atoms with Gasteiger partial charge in [0, 0.05) is 4.90 Å². The molecule has 0 spiro atoms. The summed E-state index contributed by atoms with van der Waals surface area (Å²) in [5, 5.41) is 8.84. The molecule has 102 valence electrons. The van der Waals surface area contributed by atoms with Gasteiger partial charge in [-0.05, 0) is 24.3 Å². The molecule has 5 nitrogen and oxygen atoms in total. The second-order valence-corrected chi connectivity index (χ2v) is 5.32. The summed E-state index contributed by atoms with van der Waals surface area (Å²) in [6.45, 7) is 0.240. The summed E-state index contributed by atoms with van der Waals surface area (Å²) in [5.74, 6) is -0.410. The summed E-state index contributed by atoms with van der Waals surface area (Å²) in [7, 11) is 0. The fraction of sp³-hybridized carbons (Fsp3) is 0.143. The van der Waals surface area contributed by atoms with Crippen LogP contribution < -0.4 is 4.90 Å². The summed E-state index contributed by atoms with van der Waals surface area (Å²) < 4.78 is 5.21. The number of thioether (sulfide) groups is 1. The number of anilines is 1. The quantitative estimate of drug-likeness (QED) is 0.940. The number of amides is 1. The summed E-state index contributed by atoms with van der Waals surface area (Å²) in [4.78, 5) is 25.5. The van der Waals surface area contributed by atoms with Gasteiger partial charge in [0.25, 0.3) is 0 Å². The Kier molecular flexibility index (Phi) is 3.23. The minimum absolute atomic E-state index is 0.0121. The highest BCUT2D eigenvalue weighted by Crippen LogP contribution is 2.35. The molecule has 1 aliphatic rings. The number of para-hydroxylation sites is 1. The van der Waals surface area contributed by atoms with Crippen LogP contribution in [0.25, 0.3) is 0 Å². The number of aromatic carboxylic acids is 1. The maximum absolute atomic E-state index is 12.0. The first-order valence-electron chi connectivity index (χ1n) is 5.99. The molecule has 20 heavy (non-hydrogen) atoms. The third kappa shape index (κ3) is 2.30. The fourth-order valence-electron chi connectivity index (χ4n) is 2.06. The van der Waals surface area contributed by atoms with Crippen molar-refractivity contribution in [3.63, 3.8) is 0 Å². The Balaban J connectivity index is 1.89. The van der Waals surface area contributed by atoms with Gasteiger partial charge in [-0.3, -0.25) is 4.79 Å². The van der Waals surface area contributed by atoms with Gasteiger partial charge in [0.1, 0.15) is 5.76 Å². The second-order valence-electron chi connectivity index (χ2n) is 4.31. The zero-order valence-corrected chi connectivity index (χ0v) is 11.2. The van der Waals surface area contributed by atoms with Crippen molar-refractivity contribution in [2.24, 2.45) is 0 Å². The van der Waals surface area contributed by atoms with Crippen molar-refractivity contribution in [3.8, 4) is 0 Å². The summed E-state index contributed by atoms with van der Waals surface area (Å²) in [6, 6.07) is 10.6. The van der Waals surface area contributed by atoms with E-state index in [0.717, 1.165) is 10.6 Å². The van der Waals surface area contributed by atoms with Crippen LogP contribution in [0, 0.1) is 0 Å². The molecule has 0 bridgehead atoms. The number of benzene rings is 1. The number of carboxylic acid groups (broad SMARTS) is 1. The number of carboxylic acids is 1. The van der Waals surface area contributed by atoms with Crippen LogP contribution in [0.2, 0.25) is 0 Å². The maximum Gasteiger partial charge on any atom is 0.371 e. The molecule has 0 aliphatic carbocycles. The number of rotatable bonds is 3. The molecule has 0 saturated heterocycles. The van der Waals surface area contributed by atoms with Crippen molar-refractivity contribution < 1.29 is 19.1 Å². The third-order valence-corrected chi connectivity index (χ3v) is 4.04. The maximum atomic E-state index is 12.0. The number of carbonyl (C=O) groups is 2. The van der Waals surface area contributed by atoms with E-state index in [4.69, 9.17) is 9.52 Å². The second kappa shape index (κ2) is 5.05. The summed E-state index contributed by atoms with van der Waals surface area (Å²) in [5.41, 5.74) is 0.835. The Bertz CT molecular complexity index is 679. The molecule has 2 heterocycles. The molecule has 0 radical (unpaired) electrons. The molecule has 0 fully saturated rings. The number of carbonyl (C=O) groups excluding carboxylic acids is 1. The molecule has 2 aromatic rings. The molecule has 0 atom stereocenters. The molecule has 1 aliphatic heterocycles. The summed E-state index contributed by atoms with van der Waals surface area (Å²) >= 11 is 1.51. The highest BCUT2D eigenvalue weighted by atomic mass is 32.2. The van der Waals surface area contributed by atoms with E-state index in [1.165, 1.54) is 17.8 Å². The molecule has 1 aromatic heterocycles. The van der Waals surface area contributed by atoms with Gasteiger partial charge in [-0.15, -0.1) is 11.8 Å². The molecule has 1 amide bonds. The van der Waals surface area contributed by atoms with Gasteiger partial charge in [-0.2, -0.15) is 0 Å². The summed E-state index contributed by atoms with van der Waals surface area (Å²) in [6.07, 6.45) is 0. The monoisotopic (exact) mass is 289 g/mol. The van der Waals surface area contributed by atoms with Crippen molar-refractivity contribution in [3.05, 3.63) is 47.9 Å². The van der Waals surface area contributed by atoms with Crippen molar-refractivity contribution in [2.45, 2.75) is 11.4 Å². The smallest absolute Gasteiger partial charge is 0.371 e. The van der Waals surface area contributed by atoms with E-state index in [1.54, 1.807) is 11.0 Å². The van der Waals surface area contributed by atoms with Crippen LogP contribution in [0.4, 0.5) is 5.69 Å². The number of nitrogens with zero attached hydrogens (tertiary/aromatic N) is 1. The Morgan fingerprint density at radius 3 is 2.85 bits per heavy atom. The van der Waals surface area contributed by atoms with E-state index in [2.05, 4.69) is 0 Å². The van der Waals surface area contributed by atoms with Crippen LogP contribution in [0.3, 0.4) is 0 Å². The highest BCUT2D eigenvalue weighted by molar-refractivity contribution is 8.00. The topological polar surface area (TPSA) is 70.8 Å². The number of fused-ring (bicyclic) bond motifs is 1. The molecule has 3 rings (SSSR count). The minimum atomic E-state index is -1.11. The van der Waals surface area contributed by atoms with E-state index >= 15 is 0 Å². The average molecular weight is 289 g/mol. The van der Waals surface area contributed by atoms with Crippen molar-refractivity contribution in [1.29, 1.82) is 0 Å². The van der Waals surface area contributed by atoms with Crippen LogP contribution in [0.1, 0.15) is 16.3 Å². The molecule has 6 heteroatoms. The number of hydrogen-bond donors (Lipinski definition) is 1. The van der Waals surface area contributed by atoms with E-state index in [1.807, 2.05) is 24.3 Å². The van der Waals surface area contributed by atoms with Crippen LogP contribution in [0.5, 0.6) is 0 Å². The van der Waals surface area contributed by atoms with Crippen molar-refractivity contribution in [2.75, 3.05) is 10.7 Å². The van der Waals surface area contributed by atoms with E-state index < -0.39 is 5.97 Å². The molecule has 0 saturated carbocycles. The van der Waals surface area contributed by atoms with Crippen LogP contribution in [0.15, 0.2) is 45.7 Å². The number of hydrogen-bond acceptors (Lipinski definition) is 4. The van der Waals surface area contributed by atoms with Crippen molar-refractivity contribution in [1.82, 2.24) is 0 Å². The van der Waals surface area contributed by atoms with Gasteiger partial charge < -0.3 is 14.4 Å². The van der Waals surface area contributed by atoms with Crippen LogP contribution in [-0.2, 0) is 11.3 Å². The standard InChI is InChI=1S/C14H11NO4S/c16-13-8-20-12-4-2-1-3-10(12)15(13)7-9-5-6-11(19-9)14(17)18/h1-6H,7-8H2,(H,17,18). The Labute approximate surface area is 119 Å². The van der Waals surface area contributed by atoms with Gasteiger partial charge in [-0.25, -0.2) is 4.79 Å². The molecular weight excluding hydrogens is 278 g/mol. The SMILES string of the molecule is O=C(O)c1ccc(CN2C(=O)CSc3ccccc32)o1. The van der Waals surface area contributed by atoms with Gasteiger partial charge in [0.2, 0.25) is 11.7 Å². The van der Waals surface area contributed by atoms with E-state index in [-0.39, 0.29) is 18.2 Å². The van der Waals surface area contributed by atoms with Gasteiger partial charge >= 0.3 is 5.97 Å². The molecule has 1 aromatic carbocycles. The molecule has 1 N–H and O–H groups in total.